The highest BCUT2D eigenvalue weighted by Gasteiger charge is 2.32. The molecule has 1 saturated carbocycles. The summed E-state index contributed by atoms with van der Waals surface area (Å²) in [6.45, 7) is 0.838. The fourth-order valence-corrected chi connectivity index (χ4v) is 4.52. The summed E-state index contributed by atoms with van der Waals surface area (Å²) in [5.74, 6) is -0.600. The van der Waals surface area contributed by atoms with Crippen LogP contribution < -0.4 is 5.32 Å². The minimum absolute atomic E-state index is 0.0109. The molecule has 1 aliphatic carbocycles. The van der Waals surface area contributed by atoms with Crippen LogP contribution in [0.3, 0.4) is 0 Å². The number of carbonyl (C=O) groups is 2. The molecular weight excluding hydrogens is 378 g/mol. The SMILES string of the molecule is CSc1ccc([N+](=O)[O-])c(C(=O)N2CCC[C@@H](C(=O)NC3CCCCC3)C2)c1. The maximum Gasteiger partial charge on any atom is 0.282 e. The van der Waals surface area contributed by atoms with Crippen LogP contribution in [0.25, 0.3) is 0 Å². The number of nitrogens with zero attached hydrogens (tertiary/aromatic N) is 2. The van der Waals surface area contributed by atoms with Crippen molar-refractivity contribution in [3.05, 3.63) is 33.9 Å². The maximum absolute atomic E-state index is 13.0. The molecule has 0 spiro atoms. The summed E-state index contributed by atoms with van der Waals surface area (Å²) in [5.41, 5.74) is -0.0817. The Hall–Kier alpha value is -2.09. The van der Waals surface area contributed by atoms with Gasteiger partial charge in [0.15, 0.2) is 0 Å². The summed E-state index contributed by atoms with van der Waals surface area (Å²) in [5, 5.41) is 14.5. The Balaban J connectivity index is 1.70. The molecule has 2 amide bonds. The first-order valence-electron chi connectivity index (χ1n) is 9.91. The van der Waals surface area contributed by atoms with Gasteiger partial charge in [-0.15, -0.1) is 11.8 Å². The van der Waals surface area contributed by atoms with Crippen LogP contribution in [-0.4, -0.2) is 47.0 Å². The Morgan fingerprint density at radius 1 is 1.18 bits per heavy atom. The first-order chi connectivity index (χ1) is 13.5. The largest absolute Gasteiger partial charge is 0.353 e. The lowest BCUT2D eigenvalue weighted by atomic mass is 9.92. The number of hydrogen-bond donors (Lipinski definition) is 1. The quantitative estimate of drug-likeness (QED) is 0.459. The summed E-state index contributed by atoms with van der Waals surface area (Å²) in [7, 11) is 0. The van der Waals surface area contributed by atoms with Crippen molar-refractivity contribution in [1.82, 2.24) is 10.2 Å². The van der Waals surface area contributed by atoms with Gasteiger partial charge in [0.2, 0.25) is 5.91 Å². The molecule has 28 heavy (non-hydrogen) atoms. The number of likely N-dealkylation sites (tertiary alicyclic amines) is 1. The van der Waals surface area contributed by atoms with E-state index in [1.165, 1.54) is 24.2 Å². The van der Waals surface area contributed by atoms with Crippen LogP contribution in [0.1, 0.15) is 55.3 Å². The van der Waals surface area contributed by atoms with Gasteiger partial charge in [-0.2, -0.15) is 0 Å². The van der Waals surface area contributed by atoms with Gasteiger partial charge in [-0.05, 0) is 44.1 Å². The van der Waals surface area contributed by atoms with Gasteiger partial charge < -0.3 is 10.2 Å². The van der Waals surface area contributed by atoms with Gasteiger partial charge in [0.05, 0.1) is 10.8 Å². The predicted molar refractivity (Wildman–Crippen MR) is 109 cm³/mol. The minimum atomic E-state index is -0.519. The van der Waals surface area contributed by atoms with Crippen LogP contribution in [0.5, 0.6) is 0 Å². The molecule has 152 valence electrons. The average molecular weight is 406 g/mol. The van der Waals surface area contributed by atoms with Crippen molar-refractivity contribution in [2.24, 2.45) is 5.92 Å². The average Bonchev–Trinajstić information content (AvgIpc) is 2.73. The second-order valence-corrected chi connectivity index (χ2v) is 8.45. The molecule has 3 rings (SSSR count). The summed E-state index contributed by atoms with van der Waals surface area (Å²) in [6, 6.07) is 4.86. The maximum atomic E-state index is 13.0. The van der Waals surface area contributed by atoms with Crippen molar-refractivity contribution in [1.29, 1.82) is 0 Å². The number of benzene rings is 1. The molecule has 0 unspecified atom stereocenters. The minimum Gasteiger partial charge on any atom is -0.353 e. The molecule has 0 aromatic heterocycles. The van der Waals surface area contributed by atoms with E-state index in [0.29, 0.717) is 13.1 Å². The fraction of sp³-hybridized carbons (Fsp3) is 0.600. The normalized spacial score (nSPS) is 20.6. The summed E-state index contributed by atoms with van der Waals surface area (Å²) in [6.07, 6.45) is 8.91. The Morgan fingerprint density at radius 3 is 2.61 bits per heavy atom. The zero-order valence-corrected chi connectivity index (χ0v) is 17.0. The molecule has 1 aromatic rings. The molecule has 1 atom stereocenters. The molecule has 0 bridgehead atoms. The van der Waals surface area contributed by atoms with E-state index < -0.39 is 4.92 Å². The van der Waals surface area contributed by atoms with Crippen LogP contribution in [0.2, 0.25) is 0 Å². The lowest BCUT2D eigenvalue weighted by Crippen LogP contribution is -2.48. The number of thioether (sulfide) groups is 1. The number of piperidine rings is 1. The van der Waals surface area contributed by atoms with Gasteiger partial charge in [0.1, 0.15) is 5.56 Å². The van der Waals surface area contributed by atoms with Crippen LogP contribution in [0.15, 0.2) is 23.1 Å². The molecule has 1 N–H and O–H groups in total. The fourth-order valence-electron chi connectivity index (χ4n) is 4.08. The number of nitro groups is 1. The monoisotopic (exact) mass is 405 g/mol. The van der Waals surface area contributed by atoms with Crippen LogP contribution in [-0.2, 0) is 4.79 Å². The molecule has 1 aromatic carbocycles. The molecule has 2 aliphatic rings. The predicted octanol–water partition coefficient (Wildman–Crippen LogP) is 3.62. The van der Waals surface area contributed by atoms with Gasteiger partial charge >= 0.3 is 0 Å². The first-order valence-corrected chi connectivity index (χ1v) is 11.1. The van der Waals surface area contributed by atoms with Crippen LogP contribution >= 0.6 is 11.8 Å². The summed E-state index contributed by atoms with van der Waals surface area (Å²) in [4.78, 5) is 39.0. The Morgan fingerprint density at radius 2 is 1.93 bits per heavy atom. The number of amides is 2. The van der Waals surface area contributed by atoms with Crippen LogP contribution in [0.4, 0.5) is 5.69 Å². The third-order valence-corrected chi connectivity index (χ3v) is 6.39. The first kappa shape index (κ1) is 20.6. The lowest BCUT2D eigenvalue weighted by molar-refractivity contribution is -0.385. The highest BCUT2D eigenvalue weighted by Crippen LogP contribution is 2.28. The second kappa shape index (κ2) is 9.41. The highest BCUT2D eigenvalue weighted by molar-refractivity contribution is 7.98. The molecule has 7 nitrogen and oxygen atoms in total. The highest BCUT2D eigenvalue weighted by atomic mass is 32.2. The third kappa shape index (κ3) is 4.84. The molecule has 2 fully saturated rings. The summed E-state index contributed by atoms with van der Waals surface area (Å²) >= 11 is 1.43. The van der Waals surface area contributed by atoms with Gasteiger partial charge in [-0.25, -0.2) is 0 Å². The standard InChI is InChI=1S/C20H27N3O4S/c1-28-16-9-10-18(23(26)27)17(12-16)20(25)22-11-5-6-14(13-22)19(24)21-15-7-3-2-4-8-15/h9-10,12,14-15H,2-8,11,13H2,1H3,(H,21,24)/t14-/m1/s1. The Kier molecular flexibility index (Phi) is 6.93. The Labute approximate surface area is 169 Å². The third-order valence-electron chi connectivity index (χ3n) is 5.66. The smallest absolute Gasteiger partial charge is 0.282 e. The van der Waals surface area contributed by atoms with E-state index in [9.17, 15) is 19.7 Å². The van der Waals surface area contributed by atoms with Crippen LogP contribution in [0, 0.1) is 16.0 Å². The number of hydrogen-bond acceptors (Lipinski definition) is 5. The number of nitrogens with one attached hydrogen (secondary N) is 1. The number of rotatable bonds is 5. The Bertz CT molecular complexity index is 749. The van der Waals surface area contributed by atoms with E-state index >= 15 is 0 Å². The number of carbonyl (C=O) groups excluding carboxylic acids is 2. The summed E-state index contributed by atoms with van der Waals surface area (Å²) < 4.78 is 0. The van der Waals surface area contributed by atoms with Crippen molar-refractivity contribution in [3.8, 4) is 0 Å². The van der Waals surface area contributed by atoms with E-state index in [1.54, 1.807) is 17.0 Å². The molecule has 1 aliphatic heterocycles. The molecule has 8 heteroatoms. The zero-order valence-electron chi connectivity index (χ0n) is 16.2. The second-order valence-electron chi connectivity index (χ2n) is 7.57. The van der Waals surface area contributed by atoms with Crippen molar-refractivity contribution in [2.75, 3.05) is 19.3 Å². The van der Waals surface area contributed by atoms with Gasteiger partial charge in [-0.1, -0.05) is 19.3 Å². The van der Waals surface area contributed by atoms with Crippen molar-refractivity contribution < 1.29 is 14.5 Å². The zero-order chi connectivity index (χ0) is 20.1. The topological polar surface area (TPSA) is 92.6 Å². The molecule has 0 radical (unpaired) electrons. The van der Waals surface area contributed by atoms with Crippen molar-refractivity contribution >= 4 is 29.3 Å². The van der Waals surface area contributed by atoms with E-state index in [0.717, 1.165) is 43.4 Å². The molecule has 1 saturated heterocycles. The van der Waals surface area contributed by atoms with Gasteiger partial charge in [0.25, 0.3) is 11.6 Å². The number of nitro benzene ring substituents is 1. The van der Waals surface area contributed by atoms with E-state index in [1.807, 2.05) is 6.26 Å². The lowest BCUT2D eigenvalue weighted by Gasteiger charge is -2.33. The van der Waals surface area contributed by atoms with E-state index in [4.69, 9.17) is 0 Å². The van der Waals surface area contributed by atoms with E-state index in [2.05, 4.69) is 5.32 Å². The van der Waals surface area contributed by atoms with Crippen molar-refractivity contribution in [2.45, 2.75) is 55.9 Å². The van der Waals surface area contributed by atoms with Crippen molar-refractivity contribution in [3.63, 3.8) is 0 Å². The molecule has 1 heterocycles. The van der Waals surface area contributed by atoms with E-state index in [-0.39, 0.29) is 35.0 Å². The van der Waals surface area contributed by atoms with Gasteiger partial charge in [-0.3, -0.25) is 19.7 Å². The van der Waals surface area contributed by atoms with Gasteiger partial charge in [0, 0.05) is 30.1 Å². The molecular formula is C20H27N3O4S.